The van der Waals surface area contributed by atoms with E-state index in [1.807, 2.05) is 18.2 Å². The zero-order chi connectivity index (χ0) is 15.9. The number of phenols is 1. The number of phenolic OH excluding ortho intramolecular Hbond substituents is 1. The molecule has 0 heterocycles. The van der Waals surface area contributed by atoms with Crippen LogP contribution in [-0.4, -0.2) is 22.5 Å². The SMILES string of the molecule is CCCCC1=CC=CC(OC(=O)O)C1=Cc1ccccc1O. The minimum Gasteiger partial charge on any atom is -0.507 e. The van der Waals surface area contributed by atoms with Crippen LogP contribution < -0.4 is 0 Å². The van der Waals surface area contributed by atoms with Gasteiger partial charge in [0, 0.05) is 11.1 Å². The number of ether oxygens (including phenoxy) is 1. The van der Waals surface area contributed by atoms with Crippen LogP contribution in [0.5, 0.6) is 5.75 Å². The van der Waals surface area contributed by atoms with Crippen molar-refractivity contribution >= 4 is 12.2 Å². The summed E-state index contributed by atoms with van der Waals surface area (Å²) in [4.78, 5) is 10.9. The summed E-state index contributed by atoms with van der Waals surface area (Å²) in [6.45, 7) is 2.11. The smallest absolute Gasteiger partial charge is 0.506 e. The molecule has 0 saturated carbocycles. The monoisotopic (exact) mass is 300 g/mol. The maximum absolute atomic E-state index is 10.9. The third-order valence-corrected chi connectivity index (χ3v) is 3.54. The molecule has 2 rings (SSSR count). The van der Waals surface area contributed by atoms with E-state index < -0.39 is 12.3 Å². The van der Waals surface area contributed by atoms with Gasteiger partial charge in [-0.2, -0.15) is 0 Å². The predicted octanol–water partition coefficient (Wildman–Crippen LogP) is 4.53. The molecule has 1 aromatic rings. The van der Waals surface area contributed by atoms with Crippen LogP contribution in [0.2, 0.25) is 0 Å². The van der Waals surface area contributed by atoms with Gasteiger partial charge in [-0.1, -0.05) is 43.7 Å². The van der Waals surface area contributed by atoms with Crippen molar-refractivity contribution in [2.45, 2.75) is 32.3 Å². The van der Waals surface area contributed by atoms with Crippen LogP contribution in [0.25, 0.3) is 6.08 Å². The summed E-state index contributed by atoms with van der Waals surface area (Å²) in [5, 5.41) is 18.8. The number of rotatable bonds is 5. The quantitative estimate of drug-likeness (QED) is 0.784. The number of para-hydroxylation sites is 1. The van der Waals surface area contributed by atoms with Crippen LogP contribution in [0.3, 0.4) is 0 Å². The third-order valence-electron chi connectivity index (χ3n) is 3.54. The lowest BCUT2D eigenvalue weighted by molar-refractivity contribution is 0.0805. The molecule has 2 N–H and O–H groups in total. The van der Waals surface area contributed by atoms with Crippen molar-refractivity contribution in [1.29, 1.82) is 0 Å². The van der Waals surface area contributed by atoms with Gasteiger partial charge in [0.15, 0.2) is 0 Å². The van der Waals surface area contributed by atoms with Crippen LogP contribution in [0.1, 0.15) is 31.7 Å². The molecular weight excluding hydrogens is 280 g/mol. The van der Waals surface area contributed by atoms with E-state index in [9.17, 15) is 9.90 Å². The molecular formula is C18H20O4. The maximum Gasteiger partial charge on any atom is 0.506 e. The highest BCUT2D eigenvalue weighted by Crippen LogP contribution is 2.30. The molecule has 1 aromatic carbocycles. The molecule has 0 saturated heterocycles. The van der Waals surface area contributed by atoms with E-state index in [1.54, 1.807) is 30.4 Å². The molecule has 4 heteroatoms. The number of unbranched alkanes of at least 4 members (excludes halogenated alkanes) is 1. The van der Waals surface area contributed by atoms with Gasteiger partial charge >= 0.3 is 6.16 Å². The van der Waals surface area contributed by atoms with Crippen molar-refractivity contribution in [2.75, 3.05) is 0 Å². The first-order valence-corrected chi connectivity index (χ1v) is 7.38. The van der Waals surface area contributed by atoms with Crippen LogP contribution in [-0.2, 0) is 4.74 Å². The summed E-state index contributed by atoms with van der Waals surface area (Å²) < 4.78 is 4.97. The maximum atomic E-state index is 10.9. The van der Waals surface area contributed by atoms with E-state index in [0.29, 0.717) is 5.56 Å². The molecule has 0 aromatic heterocycles. The summed E-state index contributed by atoms with van der Waals surface area (Å²) in [5.41, 5.74) is 2.47. The lowest BCUT2D eigenvalue weighted by atomic mass is 9.90. The highest BCUT2D eigenvalue weighted by atomic mass is 16.7. The lowest BCUT2D eigenvalue weighted by Crippen LogP contribution is -2.20. The zero-order valence-electron chi connectivity index (χ0n) is 12.5. The van der Waals surface area contributed by atoms with Gasteiger partial charge in [0.05, 0.1) is 0 Å². The molecule has 0 bridgehead atoms. The zero-order valence-corrected chi connectivity index (χ0v) is 12.5. The molecule has 0 fully saturated rings. The van der Waals surface area contributed by atoms with Crippen LogP contribution in [0.4, 0.5) is 4.79 Å². The average Bonchev–Trinajstić information content (AvgIpc) is 2.49. The number of carbonyl (C=O) groups is 1. The first kappa shape index (κ1) is 15.9. The fraction of sp³-hybridized carbons (Fsp3) is 0.278. The molecule has 0 aliphatic heterocycles. The predicted molar refractivity (Wildman–Crippen MR) is 85.7 cm³/mol. The Morgan fingerprint density at radius 1 is 1.36 bits per heavy atom. The van der Waals surface area contributed by atoms with Gasteiger partial charge in [-0.3, -0.25) is 0 Å². The third kappa shape index (κ3) is 4.01. The van der Waals surface area contributed by atoms with E-state index in [0.717, 1.165) is 30.4 Å². The number of allylic oxidation sites excluding steroid dienone is 2. The second kappa shape index (κ2) is 7.50. The van der Waals surface area contributed by atoms with Crippen LogP contribution >= 0.6 is 0 Å². The lowest BCUT2D eigenvalue weighted by Gasteiger charge is -2.22. The van der Waals surface area contributed by atoms with E-state index >= 15 is 0 Å². The highest BCUT2D eigenvalue weighted by Gasteiger charge is 2.22. The Morgan fingerprint density at radius 2 is 2.14 bits per heavy atom. The fourth-order valence-corrected chi connectivity index (χ4v) is 2.41. The minimum atomic E-state index is -1.31. The van der Waals surface area contributed by atoms with Crippen LogP contribution in [0.15, 0.2) is 53.6 Å². The highest BCUT2D eigenvalue weighted by molar-refractivity contribution is 5.67. The average molecular weight is 300 g/mol. The van der Waals surface area contributed by atoms with Gasteiger partial charge in [0.25, 0.3) is 0 Å². The van der Waals surface area contributed by atoms with Crippen molar-refractivity contribution in [1.82, 2.24) is 0 Å². The van der Waals surface area contributed by atoms with Gasteiger partial charge in [0.2, 0.25) is 0 Å². The largest absolute Gasteiger partial charge is 0.507 e. The minimum absolute atomic E-state index is 0.161. The van der Waals surface area contributed by atoms with Gasteiger partial charge in [-0.25, -0.2) is 4.79 Å². The van der Waals surface area contributed by atoms with Gasteiger partial charge < -0.3 is 14.9 Å². The molecule has 22 heavy (non-hydrogen) atoms. The number of hydrogen-bond acceptors (Lipinski definition) is 3. The second-order valence-electron chi connectivity index (χ2n) is 5.14. The van der Waals surface area contributed by atoms with E-state index in [2.05, 4.69) is 6.92 Å². The number of hydrogen-bond donors (Lipinski definition) is 2. The van der Waals surface area contributed by atoms with Gasteiger partial charge in [-0.05, 0) is 36.6 Å². The molecule has 4 nitrogen and oxygen atoms in total. The molecule has 0 spiro atoms. The van der Waals surface area contributed by atoms with Crippen molar-refractivity contribution in [2.24, 2.45) is 0 Å². The molecule has 1 unspecified atom stereocenters. The Hall–Kier alpha value is -2.49. The Morgan fingerprint density at radius 3 is 2.82 bits per heavy atom. The summed E-state index contributed by atoms with van der Waals surface area (Å²) in [7, 11) is 0. The first-order chi connectivity index (χ1) is 10.6. The fourth-order valence-electron chi connectivity index (χ4n) is 2.41. The molecule has 1 aliphatic carbocycles. The molecule has 0 radical (unpaired) electrons. The van der Waals surface area contributed by atoms with E-state index in [-0.39, 0.29) is 5.75 Å². The Balaban J connectivity index is 2.37. The Kier molecular flexibility index (Phi) is 5.42. The first-order valence-electron chi connectivity index (χ1n) is 7.38. The van der Waals surface area contributed by atoms with Crippen molar-refractivity contribution in [3.8, 4) is 5.75 Å². The Bertz CT molecular complexity index is 626. The molecule has 1 atom stereocenters. The molecule has 0 amide bonds. The second-order valence-corrected chi connectivity index (χ2v) is 5.14. The summed E-state index contributed by atoms with van der Waals surface area (Å²) in [6, 6.07) is 6.97. The van der Waals surface area contributed by atoms with Crippen molar-refractivity contribution < 1.29 is 19.7 Å². The summed E-state index contributed by atoms with van der Waals surface area (Å²) in [6.07, 6.45) is 8.25. The van der Waals surface area contributed by atoms with E-state index in [4.69, 9.17) is 9.84 Å². The molecule has 1 aliphatic rings. The topological polar surface area (TPSA) is 66.8 Å². The molecule has 116 valence electrons. The standard InChI is InChI=1S/C18H20O4/c1-2-3-7-13-9-6-11-17(22-18(20)21)15(13)12-14-8-4-5-10-16(14)19/h4-6,8-12,17,19H,2-3,7H2,1H3,(H,20,21). The Labute approximate surface area is 130 Å². The summed E-state index contributed by atoms with van der Waals surface area (Å²) >= 11 is 0. The van der Waals surface area contributed by atoms with Gasteiger partial charge in [0.1, 0.15) is 11.9 Å². The number of benzene rings is 1. The van der Waals surface area contributed by atoms with Gasteiger partial charge in [-0.15, -0.1) is 0 Å². The number of aromatic hydroxyl groups is 1. The van der Waals surface area contributed by atoms with Crippen LogP contribution in [0, 0.1) is 0 Å². The van der Waals surface area contributed by atoms with Crippen molar-refractivity contribution in [3.05, 3.63) is 59.2 Å². The van der Waals surface area contributed by atoms with Crippen molar-refractivity contribution in [3.63, 3.8) is 0 Å². The number of carboxylic acid groups (broad SMARTS) is 1. The summed E-state index contributed by atoms with van der Waals surface area (Å²) in [5.74, 6) is 0.161. The van der Waals surface area contributed by atoms with E-state index in [1.165, 1.54) is 0 Å². The normalized spacial score (nSPS) is 19.0.